The van der Waals surface area contributed by atoms with Gasteiger partial charge < -0.3 is 20.6 Å². The van der Waals surface area contributed by atoms with Crippen molar-refractivity contribution in [1.82, 2.24) is 15.5 Å². The van der Waals surface area contributed by atoms with E-state index in [2.05, 4.69) is 10.6 Å². The number of nitrogens with one attached hydrogen (secondary N) is 2. The smallest absolute Gasteiger partial charge is 0.251 e. The zero-order valence-corrected chi connectivity index (χ0v) is 13.8. The summed E-state index contributed by atoms with van der Waals surface area (Å²) in [4.78, 5) is 26.3. The Morgan fingerprint density at radius 3 is 2.88 bits per heavy atom. The fraction of sp³-hybridized carbons (Fsp3) is 0.556. The van der Waals surface area contributed by atoms with Gasteiger partial charge in [0.25, 0.3) is 5.91 Å². The predicted octanol–water partition coefficient (Wildman–Crippen LogP) is 0.379. The van der Waals surface area contributed by atoms with Crippen molar-refractivity contribution in [3.63, 3.8) is 0 Å². The van der Waals surface area contributed by atoms with E-state index in [-0.39, 0.29) is 36.4 Å². The maximum absolute atomic E-state index is 12.5. The van der Waals surface area contributed by atoms with Crippen molar-refractivity contribution in [3.05, 3.63) is 35.9 Å². The summed E-state index contributed by atoms with van der Waals surface area (Å²) < 4.78 is 0. The van der Waals surface area contributed by atoms with Crippen LogP contribution in [0.5, 0.6) is 0 Å². The molecule has 0 saturated carbocycles. The van der Waals surface area contributed by atoms with E-state index in [0.29, 0.717) is 18.7 Å². The second-order valence-electron chi connectivity index (χ2n) is 6.78. The monoisotopic (exact) mass is 331 g/mol. The Kier molecular flexibility index (Phi) is 5.16. The Balaban J connectivity index is 1.56. The summed E-state index contributed by atoms with van der Waals surface area (Å²) in [5.74, 6) is -0.328. The summed E-state index contributed by atoms with van der Waals surface area (Å²) in [6, 6.07) is 9.16. The molecule has 0 spiro atoms. The van der Waals surface area contributed by atoms with Gasteiger partial charge in [0.1, 0.15) is 0 Å². The van der Waals surface area contributed by atoms with Crippen LogP contribution in [-0.4, -0.2) is 60.6 Å². The van der Waals surface area contributed by atoms with Crippen LogP contribution in [0.3, 0.4) is 0 Å². The van der Waals surface area contributed by atoms with Crippen molar-refractivity contribution in [3.8, 4) is 0 Å². The first-order valence-electron chi connectivity index (χ1n) is 8.60. The van der Waals surface area contributed by atoms with Gasteiger partial charge in [0, 0.05) is 30.1 Å². The molecule has 0 aliphatic carbocycles. The van der Waals surface area contributed by atoms with Crippen LogP contribution in [0.1, 0.15) is 29.6 Å². The Morgan fingerprint density at radius 1 is 1.33 bits per heavy atom. The number of piperidine rings is 2. The minimum absolute atomic E-state index is 0.00662. The maximum atomic E-state index is 12.5. The van der Waals surface area contributed by atoms with Crippen molar-refractivity contribution in [1.29, 1.82) is 0 Å². The molecule has 6 heteroatoms. The fourth-order valence-electron chi connectivity index (χ4n) is 3.86. The molecule has 0 unspecified atom stereocenters. The third-order valence-corrected chi connectivity index (χ3v) is 5.28. The van der Waals surface area contributed by atoms with Gasteiger partial charge in [0.15, 0.2) is 0 Å². The molecule has 2 aliphatic rings. The van der Waals surface area contributed by atoms with Crippen LogP contribution in [0.4, 0.5) is 0 Å². The lowest BCUT2D eigenvalue weighted by Crippen LogP contribution is -2.62. The zero-order chi connectivity index (χ0) is 17.0. The molecule has 2 aliphatic heterocycles. The largest absolute Gasteiger partial charge is 0.396 e. The number of likely N-dealkylation sites (tertiary alicyclic amines) is 1. The molecule has 2 saturated heterocycles. The second-order valence-corrected chi connectivity index (χ2v) is 6.78. The number of benzene rings is 1. The summed E-state index contributed by atoms with van der Waals surface area (Å²) in [6.07, 6.45) is 2.80. The summed E-state index contributed by atoms with van der Waals surface area (Å²) in [6.45, 7) is 2.28. The molecule has 3 N–H and O–H groups in total. The standard InChI is InChI=1S/C18H25N3O3/c22-13-18-8-4-9-19-15(18)7-10-21(12-18)16(23)11-20-17(24)14-5-2-1-3-6-14/h1-3,5-6,15,19,22H,4,7-13H2,(H,20,24)/t15-,18-/m1/s1. The van der Waals surface area contributed by atoms with E-state index >= 15 is 0 Å². The molecule has 1 aromatic carbocycles. The Hall–Kier alpha value is -1.92. The van der Waals surface area contributed by atoms with Crippen molar-refractivity contribution in [2.75, 3.05) is 32.8 Å². The number of aliphatic hydroxyl groups excluding tert-OH is 1. The van der Waals surface area contributed by atoms with E-state index in [1.807, 2.05) is 6.07 Å². The van der Waals surface area contributed by atoms with Gasteiger partial charge in [-0.15, -0.1) is 0 Å². The summed E-state index contributed by atoms with van der Waals surface area (Å²) in [5.41, 5.74) is 0.308. The van der Waals surface area contributed by atoms with E-state index in [1.165, 1.54) is 0 Å². The lowest BCUT2D eigenvalue weighted by molar-refractivity contribution is -0.136. The van der Waals surface area contributed by atoms with Crippen LogP contribution in [0, 0.1) is 5.41 Å². The number of hydrogen-bond donors (Lipinski definition) is 3. The van der Waals surface area contributed by atoms with Gasteiger partial charge in [0.05, 0.1) is 13.2 Å². The van der Waals surface area contributed by atoms with E-state index in [1.54, 1.807) is 29.2 Å². The topological polar surface area (TPSA) is 81.7 Å². The van der Waals surface area contributed by atoms with Crippen LogP contribution >= 0.6 is 0 Å². The fourth-order valence-corrected chi connectivity index (χ4v) is 3.86. The van der Waals surface area contributed by atoms with E-state index in [9.17, 15) is 14.7 Å². The normalized spacial score (nSPS) is 26.5. The Labute approximate surface area is 142 Å². The quantitative estimate of drug-likeness (QED) is 0.745. The summed E-state index contributed by atoms with van der Waals surface area (Å²) in [5, 5.41) is 16.1. The van der Waals surface area contributed by atoms with Crippen LogP contribution in [-0.2, 0) is 4.79 Å². The molecular weight excluding hydrogens is 306 g/mol. The van der Waals surface area contributed by atoms with Gasteiger partial charge in [-0.2, -0.15) is 0 Å². The summed E-state index contributed by atoms with van der Waals surface area (Å²) >= 11 is 0. The highest BCUT2D eigenvalue weighted by atomic mass is 16.3. The second kappa shape index (κ2) is 7.32. The number of fused-ring (bicyclic) bond motifs is 1. The molecule has 24 heavy (non-hydrogen) atoms. The van der Waals surface area contributed by atoms with Gasteiger partial charge in [0.2, 0.25) is 5.91 Å². The summed E-state index contributed by atoms with van der Waals surface area (Å²) in [7, 11) is 0. The van der Waals surface area contributed by atoms with Gasteiger partial charge in [-0.05, 0) is 37.9 Å². The molecule has 130 valence electrons. The van der Waals surface area contributed by atoms with Crippen molar-refractivity contribution < 1.29 is 14.7 Å². The molecule has 3 rings (SSSR count). The highest BCUT2D eigenvalue weighted by Gasteiger charge is 2.45. The lowest BCUT2D eigenvalue weighted by Gasteiger charge is -2.50. The third kappa shape index (κ3) is 3.44. The van der Waals surface area contributed by atoms with Crippen molar-refractivity contribution in [2.24, 2.45) is 5.41 Å². The number of amides is 2. The molecular formula is C18H25N3O3. The Morgan fingerprint density at radius 2 is 2.12 bits per heavy atom. The molecule has 0 radical (unpaired) electrons. The number of nitrogens with zero attached hydrogens (tertiary/aromatic N) is 1. The average Bonchev–Trinajstić information content (AvgIpc) is 2.65. The highest BCUT2D eigenvalue weighted by Crippen LogP contribution is 2.36. The van der Waals surface area contributed by atoms with E-state index in [0.717, 1.165) is 25.8 Å². The highest BCUT2D eigenvalue weighted by molar-refractivity contribution is 5.96. The zero-order valence-electron chi connectivity index (χ0n) is 13.8. The first-order chi connectivity index (χ1) is 11.6. The van der Waals surface area contributed by atoms with E-state index < -0.39 is 0 Å². The average molecular weight is 331 g/mol. The minimum atomic E-state index is -0.241. The first kappa shape index (κ1) is 16.9. The van der Waals surface area contributed by atoms with Crippen LogP contribution in [0.25, 0.3) is 0 Å². The van der Waals surface area contributed by atoms with Crippen LogP contribution < -0.4 is 10.6 Å². The van der Waals surface area contributed by atoms with Crippen LogP contribution in [0.15, 0.2) is 30.3 Å². The van der Waals surface area contributed by atoms with Crippen molar-refractivity contribution >= 4 is 11.8 Å². The van der Waals surface area contributed by atoms with E-state index in [4.69, 9.17) is 0 Å². The number of carbonyl (C=O) groups excluding carboxylic acids is 2. The Bertz CT molecular complexity index is 592. The van der Waals surface area contributed by atoms with Crippen molar-refractivity contribution in [2.45, 2.75) is 25.3 Å². The van der Waals surface area contributed by atoms with Crippen LogP contribution in [0.2, 0.25) is 0 Å². The molecule has 6 nitrogen and oxygen atoms in total. The lowest BCUT2D eigenvalue weighted by atomic mass is 9.71. The molecule has 2 heterocycles. The third-order valence-electron chi connectivity index (χ3n) is 5.28. The maximum Gasteiger partial charge on any atom is 0.251 e. The molecule has 1 aromatic rings. The van der Waals surface area contributed by atoms with Gasteiger partial charge in [-0.3, -0.25) is 9.59 Å². The SMILES string of the molecule is O=C(NCC(=O)N1CC[C@H]2NCCC[C@]2(CO)C1)c1ccccc1. The molecule has 0 aromatic heterocycles. The predicted molar refractivity (Wildman–Crippen MR) is 90.5 cm³/mol. The molecule has 0 bridgehead atoms. The number of rotatable bonds is 4. The van der Waals surface area contributed by atoms with Gasteiger partial charge >= 0.3 is 0 Å². The van der Waals surface area contributed by atoms with Gasteiger partial charge in [-0.25, -0.2) is 0 Å². The number of aliphatic hydroxyl groups is 1. The minimum Gasteiger partial charge on any atom is -0.396 e. The first-order valence-corrected chi connectivity index (χ1v) is 8.60. The number of carbonyl (C=O) groups is 2. The molecule has 2 amide bonds. The molecule has 2 fully saturated rings. The number of hydrogen-bond acceptors (Lipinski definition) is 4. The molecule has 2 atom stereocenters. The van der Waals surface area contributed by atoms with Gasteiger partial charge in [-0.1, -0.05) is 18.2 Å².